The average Bonchev–Trinajstić information content (AvgIpc) is 2.71. The number of hydrogen-bond acceptors (Lipinski definition) is 5. The van der Waals surface area contributed by atoms with Crippen LogP contribution >= 0.6 is 31.9 Å². The number of para-hydroxylation sites is 2. The van der Waals surface area contributed by atoms with Crippen LogP contribution in [0.5, 0.6) is 5.75 Å². The number of halogens is 2. The maximum atomic E-state index is 12.2. The van der Waals surface area contributed by atoms with Crippen LogP contribution in [0.2, 0.25) is 0 Å². The maximum Gasteiger partial charge on any atom is 0.513 e. The van der Waals surface area contributed by atoms with E-state index < -0.39 is 6.16 Å². The molecule has 0 N–H and O–H groups in total. The number of ether oxygens (including phenoxy) is 2. The second-order valence-electron chi connectivity index (χ2n) is 6.01. The summed E-state index contributed by atoms with van der Waals surface area (Å²) in [4.78, 5) is 21.5. The summed E-state index contributed by atoms with van der Waals surface area (Å²) in [6.07, 6.45) is -0.168. The van der Waals surface area contributed by atoms with Crippen LogP contribution in [0.3, 0.4) is 0 Å². The fraction of sp³-hybridized carbons (Fsp3) is 0.0952. The molecule has 0 aliphatic carbocycles. The number of benzene rings is 3. The van der Waals surface area contributed by atoms with E-state index in [1.165, 1.54) is 0 Å². The van der Waals surface area contributed by atoms with Gasteiger partial charge in [-0.1, -0.05) is 42.5 Å². The van der Waals surface area contributed by atoms with Crippen molar-refractivity contribution in [3.05, 3.63) is 75.2 Å². The van der Waals surface area contributed by atoms with Crippen LogP contribution in [0, 0.1) is 0 Å². The molecule has 0 saturated heterocycles. The van der Waals surface area contributed by atoms with E-state index in [1.54, 1.807) is 6.07 Å². The summed E-state index contributed by atoms with van der Waals surface area (Å²) in [5.41, 5.74) is 3.63. The molecule has 4 rings (SSSR count). The third kappa shape index (κ3) is 4.00. The number of rotatable bonds is 4. The van der Waals surface area contributed by atoms with Gasteiger partial charge in [-0.3, -0.25) is 0 Å². The average molecular weight is 502 g/mol. The van der Waals surface area contributed by atoms with Crippen LogP contribution in [0.1, 0.15) is 5.56 Å². The van der Waals surface area contributed by atoms with Crippen molar-refractivity contribution in [1.82, 2.24) is 9.97 Å². The van der Waals surface area contributed by atoms with Crippen LogP contribution in [0.15, 0.2) is 69.6 Å². The van der Waals surface area contributed by atoms with E-state index in [2.05, 4.69) is 41.8 Å². The van der Waals surface area contributed by atoms with Gasteiger partial charge in [0, 0.05) is 10.9 Å². The zero-order valence-electron chi connectivity index (χ0n) is 14.6. The molecule has 1 heterocycles. The standard InChI is InChI=1S/C21H14Br2N2O3/c22-14-12-15(23)20(19-18(14)24-16-8-4-5-9-17(16)25-19)28-21(26)27-11-10-13-6-2-1-3-7-13/h1-9,12H,10-11H2. The van der Waals surface area contributed by atoms with E-state index in [4.69, 9.17) is 9.47 Å². The van der Waals surface area contributed by atoms with Gasteiger partial charge in [-0.25, -0.2) is 14.8 Å². The predicted molar refractivity (Wildman–Crippen MR) is 115 cm³/mol. The van der Waals surface area contributed by atoms with Crippen molar-refractivity contribution in [2.75, 3.05) is 6.61 Å². The predicted octanol–water partition coefficient (Wildman–Crippen LogP) is 6.07. The minimum Gasteiger partial charge on any atom is -0.434 e. The lowest BCUT2D eigenvalue weighted by Gasteiger charge is -2.11. The van der Waals surface area contributed by atoms with Gasteiger partial charge in [0.15, 0.2) is 5.75 Å². The summed E-state index contributed by atoms with van der Waals surface area (Å²) in [7, 11) is 0. The van der Waals surface area contributed by atoms with Crippen LogP contribution in [-0.4, -0.2) is 22.7 Å². The van der Waals surface area contributed by atoms with Gasteiger partial charge in [0.1, 0.15) is 11.0 Å². The Morgan fingerprint density at radius 1 is 0.857 bits per heavy atom. The lowest BCUT2D eigenvalue weighted by molar-refractivity contribution is 0.100. The quantitative estimate of drug-likeness (QED) is 0.193. The molecule has 4 aromatic rings. The minimum absolute atomic E-state index is 0.226. The summed E-state index contributed by atoms with van der Waals surface area (Å²) in [5.74, 6) is 0.279. The van der Waals surface area contributed by atoms with E-state index >= 15 is 0 Å². The number of carbonyl (C=O) groups is 1. The molecule has 28 heavy (non-hydrogen) atoms. The highest BCUT2D eigenvalue weighted by Crippen LogP contribution is 2.37. The van der Waals surface area contributed by atoms with Crippen LogP contribution in [-0.2, 0) is 11.2 Å². The summed E-state index contributed by atoms with van der Waals surface area (Å²) in [6.45, 7) is 0.226. The van der Waals surface area contributed by atoms with Crippen LogP contribution in [0.25, 0.3) is 22.1 Å². The van der Waals surface area contributed by atoms with Crippen molar-refractivity contribution in [2.24, 2.45) is 0 Å². The monoisotopic (exact) mass is 500 g/mol. The highest BCUT2D eigenvalue weighted by molar-refractivity contribution is 9.11. The Morgan fingerprint density at radius 2 is 1.50 bits per heavy atom. The molecule has 0 bridgehead atoms. The zero-order chi connectivity index (χ0) is 19.5. The zero-order valence-corrected chi connectivity index (χ0v) is 17.7. The van der Waals surface area contributed by atoms with Crippen LogP contribution < -0.4 is 4.74 Å². The Hall–Kier alpha value is -2.51. The Labute approximate surface area is 178 Å². The fourth-order valence-electron chi connectivity index (χ4n) is 2.79. The molecule has 3 aromatic carbocycles. The van der Waals surface area contributed by atoms with Gasteiger partial charge >= 0.3 is 6.16 Å². The van der Waals surface area contributed by atoms with Gasteiger partial charge in [-0.05, 0) is 55.6 Å². The van der Waals surface area contributed by atoms with Gasteiger partial charge in [0.25, 0.3) is 0 Å². The first-order valence-electron chi connectivity index (χ1n) is 8.55. The van der Waals surface area contributed by atoms with Crippen LogP contribution in [0.4, 0.5) is 4.79 Å². The molecule has 1 aromatic heterocycles. The molecule has 0 aliphatic heterocycles. The van der Waals surface area contributed by atoms with E-state index in [0.717, 1.165) is 15.6 Å². The van der Waals surface area contributed by atoms with Gasteiger partial charge in [-0.2, -0.15) is 0 Å². The third-order valence-corrected chi connectivity index (χ3v) is 5.31. The minimum atomic E-state index is -0.782. The van der Waals surface area contributed by atoms with Crippen molar-refractivity contribution < 1.29 is 14.3 Å². The van der Waals surface area contributed by atoms with Gasteiger partial charge in [0.2, 0.25) is 0 Å². The molecular weight excluding hydrogens is 488 g/mol. The number of aromatic nitrogens is 2. The topological polar surface area (TPSA) is 61.3 Å². The number of nitrogens with zero attached hydrogens (tertiary/aromatic N) is 2. The Bertz CT molecular complexity index is 1170. The van der Waals surface area contributed by atoms with E-state index in [-0.39, 0.29) is 12.4 Å². The third-order valence-electron chi connectivity index (χ3n) is 4.12. The first-order valence-corrected chi connectivity index (χ1v) is 10.1. The molecule has 140 valence electrons. The molecule has 0 fully saturated rings. The number of carbonyl (C=O) groups excluding carboxylic acids is 1. The Kier molecular flexibility index (Phi) is 5.54. The number of hydrogen-bond donors (Lipinski definition) is 0. The van der Waals surface area contributed by atoms with Gasteiger partial charge in [0.05, 0.1) is 22.1 Å². The summed E-state index contributed by atoms with van der Waals surface area (Å²) in [5, 5.41) is 0. The SMILES string of the molecule is O=C(OCCc1ccccc1)Oc1c(Br)cc(Br)c2nc3ccccc3nc12. The Balaban J connectivity index is 1.58. The van der Waals surface area contributed by atoms with Crippen molar-refractivity contribution in [1.29, 1.82) is 0 Å². The first kappa shape index (κ1) is 18.8. The normalized spacial score (nSPS) is 10.9. The Morgan fingerprint density at radius 3 is 2.21 bits per heavy atom. The van der Waals surface area contributed by atoms with E-state index in [1.807, 2.05) is 54.6 Å². The molecule has 0 aliphatic rings. The second kappa shape index (κ2) is 8.24. The largest absolute Gasteiger partial charge is 0.513 e. The first-order chi connectivity index (χ1) is 13.6. The van der Waals surface area contributed by atoms with Crippen molar-refractivity contribution in [3.8, 4) is 5.75 Å². The van der Waals surface area contributed by atoms with Gasteiger partial charge in [-0.15, -0.1) is 0 Å². The molecule has 0 amide bonds. The molecule has 0 spiro atoms. The molecule has 0 radical (unpaired) electrons. The lowest BCUT2D eigenvalue weighted by atomic mass is 10.2. The van der Waals surface area contributed by atoms with E-state index in [9.17, 15) is 4.79 Å². The van der Waals surface area contributed by atoms with Crippen molar-refractivity contribution in [3.63, 3.8) is 0 Å². The molecule has 5 nitrogen and oxygen atoms in total. The van der Waals surface area contributed by atoms with Gasteiger partial charge < -0.3 is 9.47 Å². The summed E-state index contributed by atoms with van der Waals surface area (Å²) < 4.78 is 12.0. The summed E-state index contributed by atoms with van der Waals surface area (Å²) >= 11 is 6.93. The van der Waals surface area contributed by atoms with Crippen molar-refractivity contribution >= 4 is 60.1 Å². The number of fused-ring (bicyclic) bond motifs is 2. The second-order valence-corrected chi connectivity index (χ2v) is 7.72. The lowest BCUT2D eigenvalue weighted by Crippen LogP contribution is -2.13. The van der Waals surface area contributed by atoms with Crippen molar-refractivity contribution in [2.45, 2.75) is 6.42 Å². The smallest absolute Gasteiger partial charge is 0.434 e. The highest BCUT2D eigenvalue weighted by Gasteiger charge is 2.18. The maximum absolute atomic E-state index is 12.2. The summed E-state index contributed by atoms with van der Waals surface area (Å²) in [6, 6.07) is 19.1. The highest BCUT2D eigenvalue weighted by atomic mass is 79.9. The molecular formula is C21H14Br2N2O3. The molecule has 0 unspecified atom stereocenters. The fourth-order valence-corrected chi connectivity index (χ4v) is 4.10. The molecule has 0 atom stereocenters. The van der Waals surface area contributed by atoms with E-state index in [0.29, 0.717) is 27.4 Å². The molecule has 0 saturated carbocycles. The molecule has 7 heteroatoms.